The zero-order chi connectivity index (χ0) is 22.5. The van der Waals surface area contributed by atoms with Gasteiger partial charge >= 0.3 is 0 Å². The maximum atomic E-state index is 8.79. The topological polar surface area (TPSA) is 85.0 Å². The van der Waals surface area contributed by atoms with Crippen LogP contribution in [0.2, 0.25) is 0 Å². The third kappa shape index (κ3) is 5.07. The molecule has 0 spiro atoms. The predicted molar refractivity (Wildman–Crippen MR) is 138 cm³/mol. The summed E-state index contributed by atoms with van der Waals surface area (Å²) in [5.41, 5.74) is 6.73. The molecule has 0 bridgehead atoms. The summed E-state index contributed by atoms with van der Waals surface area (Å²) in [6.07, 6.45) is 3.82. The molecule has 0 aliphatic heterocycles. The van der Waals surface area contributed by atoms with Crippen LogP contribution < -0.4 is 16.0 Å². The molecule has 6 nitrogen and oxygen atoms in total. The molecule has 0 atom stereocenters. The van der Waals surface area contributed by atoms with Crippen LogP contribution in [-0.4, -0.2) is 41.3 Å². The Hall–Kier alpha value is -3.23. The highest BCUT2D eigenvalue weighted by atomic mass is 32.1. The van der Waals surface area contributed by atoms with Crippen molar-refractivity contribution in [3.63, 3.8) is 0 Å². The average Bonchev–Trinajstić information content (AvgIpc) is 3.49. The van der Waals surface area contributed by atoms with Crippen LogP contribution in [0.25, 0.3) is 31.6 Å². The monoisotopic (exact) mass is 457 g/mol. The Kier molecular flexibility index (Phi) is 6.64. The number of aliphatic hydroxyl groups excluding tert-OH is 1. The van der Waals surface area contributed by atoms with E-state index in [1.165, 1.54) is 21.4 Å². The zero-order valence-corrected chi connectivity index (χ0v) is 19.1. The van der Waals surface area contributed by atoms with E-state index in [0.29, 0.717) is 6.54 Å². The van der Waals surface area contributed by atoms with Crippen LogP contribution in [0.1, 0.15) is 5.56 Å². The highest BCUT2D eigenvalue weighted by Gasteiger charge is 2.10. The number of aromatic nitrogens is 2. The van der Waals surface area contributed by atoms with Crippen molar-refractivity contribution in [1.82, 2.24) is 20.6 Å². The number of fused-ring (bicyclic) bond motifs is 2. The van der Waals surface area contributed by atoms with E-state index in [0.717, 1.165) is 46.7 Å². The van der Waals surface area contributed by atoms with Crippen LogP contribution in [0.5, 0.6) is 0 Å². The first-order valence-corrected chi connectivity index (χ1v) is 12.0. The van der Waals surface area contributed by atoms with Crippen LogP contribution in [0.4, 0.5) is 11.4 Å². The van der Waals surface area contributed by atoms with Gasteiger partial charge in [0.2, 0.25) is 0 Å². The minimum absolute atomic E-state index is 0.176. The van der Waals surface area contributed by atoms with Crippen molar-refractivity contribution in [2.45, 2.75) is 6.54 Å². The second-order valence-corrected chi connectivity index (χ2v) is 8.99. The number of nitrogens with zero attached hydrogens (tertiary/aromatic N) is 1. The van der Waals surface area contributed by atoms with Crippen molar-refractivity contribution in [3.8, 4) is 10.4 Å². The van der Waals surface area contributed by atoms with Crippen molar-refractivity contribution >= 4 is 43.8 Å². The molecule has 0 saturated carbocycles. The van der Waals surface area contributed by atoms with E-state index in [2.05, 4.69) is 80.5 Å². The van der Waals surface area contributed by atoms with E-state index < -0.39 is 0 Å². The number of rotatable bonds is 10. The number of thiophene rings is 1. The molecule has 7 heteroatoms. The predicted octanol–water partition coefficient (Wildman–Crippen LogP) is 4.86. The van der Waals surface area contributed by atoms with Gasteiger partial charge in [-0.2, -0.15) is 0 Å². The van der Waals surface area contributed by atoms with Gasteiger partial charge in [-0.15, -0.1) is 11.3 Å². The summed E-state index contributed by atoms with van der Waals surface area (Å²) in [5, 5.41) is 20.1. The first-order valence-electron chi connectivity index (χ1n) is 11.1. The molecule has 2 aromatic carbocycles. The van der Waals surface area contributed by atoms with Gasteiger partial charge in [0.1, 0.15) is 0 Å². The van der Waals surface area contributed by atoms with Gasteiger partial charge in [-0.05, 0) is 47.5 Å². The van der Waals surface area contributed by atoms with Gasteiger partial charge in [0.25, 0.3) is 0 Å². The largest absolute Gasteiger partial charge is 0.395 e. The van der Waals surface area contributed by atoms with Gasteiger partial charge in [-0.25, -0.2) is 0 Å². The lowest BCUT2D eigenvalue weighted by molar-refractivity contribution is 0.292. The van der Waals surface area contributed by atoms with Gasteiger partial charge in [0.15, 0.2) is 0 Å². The number of nitrogens with one attached hydrogen (secondary N) is 4. The fraction of sp³-hybridized carbons (Fsp3) is 0.192. The van der Waals surface area contributed by atoms with E-state index in [1.54, 1.807) is 11.3 Å². The highest BCUT2D eigenvalue weighted by molar-refractivity contribution is 7.22. The lowest BCUT2D eigenvalue weighted by Crippen LogP contribution is -2.28. The quantitative estimate of drug-likeness (QED) is 0.193. The average molecular weight is 458 g/mol. The van der Waals surface area contributed by atoms with Gasteiger partial charge in [0, 0.05) is 60.0 Å². The summed E-state index contributed by atoms with van der Waals surface area (Å²) in [7, 11) is 0. The lowest BCUT2D eigenvalue weighted by atomic mass is 10.1. The first kappa shape index (κ1) is 21.6. The second kappa shape index (κ2) is 10.1. The Morgan fingerprint density at radius 2 is 1.79 bits per heavy atom. The third-order valence-electron chi connectivity index (χ3n) is 5.58. The molecule has 0 amide bonds. The maximum Gasteiger partial charge on any atom is 0.0837 e. The minimum atomic E-state index is 0.176. The van der Waals surface area contributed by atoms with E-state index in [1.807, 2.05) is 18.5 Å². The molecule has 3 aromatic heterocycles. The molecule has 5 aromatic rings. The molecule has 0 unspecified atom stereocenters. The number of hydrogen-bond donors (Lipinski definition) is 5. The molecule has 33 heavy (non-hydrogen) atoms. The molecule has 3 heterocycles. The molecule has 0 radical (unpaired) electrons. The molecular formula is C26H27N5OS. The van der Waals surface area contributed by atoms with Crippen LogP contribution >= 0.6 is 11.3 Å². The molecule has 0 saturated heterocycles. The van der Waals surface area contributed by atoms with Crippen LogP contribution in [0.15, 0.2) is 73.1 Å². The fourth-order valence-electron chi connectivity index (χ4n) is 3.87. The minimum Gasteiger partial charge on any atom is -0.395 e. The molecule has 0 aliphatic rings. The van der Waals surface area contributed by atoms with Crippen LogP contribution in [0, 0.1) is 0 Å². The van der Waals surface area contributed by atoms with E-state index >= 15 is 0 Å². The molecule has 0 aliphatic carbocycles. The maximum absolute atomic E-state index is 8.79. The summed E-state index contributed by atoms with van der Waals surface area (Å²) in [6, 6.07) is 21.3. The van der Waals surface area contributed by atoms with Gasteiger partial charge in [-0.1, -0.05) is 24.3 Å². The number of H-pyrrole nitrogens is 1. The number of benzene rings is 2. The molecule has 5 rings (SSSR count). The molecule has 0 fully saturated rings. The standard InChI is InChI=1S/C26H27N5OS/c32-14-13-27-11-12-28-17-18-1-3-19(4-2-18)25-16-24-26(33-25)23(8-10-30-24)31-21-5-6-22-20(15-21)7-9-29-22/h1-10,15-16,27-29,32H,11-14,17H2,(H,30,31). The van der Waals surface area contributed by atoms with E-state index in [4.69, 9.17) is 5.11 Å². The van der Waals surface area contributed by atoms with Crippen molar-refractivity contribution in [2.24, 2.45) is 0 Å². The third-order valence-corrected chi connectivity index (χ3v) is 6.79. The van der Waals surface area contributed by atoms with Crippen LogP contribution in [-0.2, 0) is 6.54 Å². The summed E-state index contributed by atoms with van der Waals surface area (Å²) in [6.45, 7) is 3.36. The van der Waals surface area contributed by atoms with E-state index in [-0.39, 0.29) is 6.61 Å². The smallest absolute Gasteiger partial charge is 0.0837 e. The van der Waals surface area contributed by atoms with Gasteiger partial charge < -0.3 is 26.0 Å². The highest BCUT2D eigenvalue weighted by Crippen LogP contribution is 2.37. The number of anilines is 2. The number of aliphatic hydroxyl groups is 1. The Bertz CT molecular complexity index is 1340. The van der Waals surface area contributed by atoms with E-state index in [9.17, 15) is 0 Å². The Labute approximate surface area is 196 Å². The van der Waals surface area contributed by atoms with Crippen LogP contribution in [0.3, 0.4) is 0 Å². The second-order valence-electron chi connectivity index (χ2n) is 7.94. The van der Waals surface area contributed by atoms with Crippen molar-refractivity contribution in [3.05, 3.63) is 78.6 Å². The first-order chi connectivity index (χ1) is 16.3. The molecular weight excluding hydrogens is 430 g/mol. The van der Waals surface area contributed by atoms with Gasteiger partial charge in [-0.3, -0.25) is 4.98 Å². The van der Waals surface area contributed by atoms with Crippen molar-refractivity contribution < 1.29 is 5.11 Å². The Morgan fingerprint density at radius 1 is 0.909 bits per heavy atom. The Balaban J connectivity index is 1.29. The molecule has 5 N–H and O–H groups in total. The zero-order valence-electron chi connectivity index (χ0n) is 18.3. The SMILES string of the molecule is OCCNCCNCc1ccc(-c2cc3nccc(Nc4ccc5[nH]ccc5c4)c3s2)cc1. The summed E-state index contributed by atoms with van der Waals surface area (Å²) >= 11 is 1.76. The number of hydrogen-bond acceptors (Lipinski definition) is 6. The van der Waals surface area contributed by atoms with Gasteiger partial charge in [0.05, 0.1) is 22.5 Å². The Morgan fingerprint density at radius 3 is 2.67 bits per heavy atom. The fourth-order valence-corrected chi connectivity index (χ4v) is 4.96. The number of aromatic amines is 1. The van der Waals surface area contributed by atoms with Crippen molar-refractivity contribution in [2.75, 3.05) is 31.6 Å². The summed E-state index contributed by atoms with van der Waals surface area (Å²) in [4.78, 5) is 9.04. The lowest BCUT2D eigenvalue weighted by Gasteiger charge is -2.07. The summed E-state index contributed by atoms with van der Waals surface area (Å²) < 4.78 is 1.16. The number of pyridine rings is 1. The molecule has 168 valence electrons. The van der Waals surface area contributed by atoms with Crippen molar-refractivity contribution in [1.29, 1.82) is 0 Å². The summed E-state index contributed by atoms with van der Waals surface area (Å²) in [5.74, 6) is 0. The normalized spacial score (nSPS) is 11.4.